The maximum absolute atomic E-state index is 13.3. The Bertz CT molecular complexity index is 489. The van der Waals surface area contributed by atoms with Crippen molar-refractivity contribution >= 4 is 17.6 Å². The number of hydrogen-bond acceptors (Lipinski definition) is 4. The Morgan fingerprint density at radius 3 is 2.47 bits per heavy atom. The number of anilines is 1. The highest BCUT2D eigenvalue weighted by Gasteiger charge is 2.25. The molecule has 0 aliphatic rings. The summed E-state index contributed by atoms with van der Waals surface area (Å²) in [6.45, 7) is 3.54. The largest absolute Gasteiger partial charge is 0.467 e. The Kier molecular flexibility index (Phi) is 4.86. The zero-order valence-corrected chi connectivity index (χ0v) is 11.1. The molecule has 19 heavy (non-hydrogen) atoms. The molecule has 0 aromatic heterocycles. The maximum Gasteiger partial charge on any atom is 0.328 e. The van der Waals surface area contributed by atoms with E-state index in [1.165, 1.54) is 19.2 Å². The van der Waals surface area contributed by atoms with Crippen LogP contribution in [0.2, 0.25) is 0 Å². The molecule has 0 heterocycles. The molecule has 6 heteroatoms. The summed E-state index contributed by atoms with van der Waals surface area (Å²) in [4.78, 5) is 23.4. The average Bonchev–Trinajstić information content (AvgIpc) is 2.37. The van der Waals surface area contributed by atoms with Crippen molar-refractivity contribution in [3.63, 3.8) is 0 Å². The highest BCUT2D eigenvalue weighted by Crippen LogP contribution is 2.13. The number of nitrogens with two attached hydrogens (primary N) is 1. The Hall–Kier alpha value is -2.11. The van der Waals surface area contributed by atoms with Crippen molar-refractivity contribution in [2.45, 2.75) is 19.9 Å². The lowest BCUT2D eigenvalue weighted by Crippen LogP contribution is -2.45. The molecule has 0 bridgehead atoms. The summed E-state index contributed by atoms with van der Waals surface area (Å²) in [5, 5.41) is 2.51. The molecule has 5 nitrogen and oxygen atoms in total. The highest BCUT2D eigenvalue weighted by molar-refractivity contribution is 5.97. The Morgan fingerprint density at radius 2 is 2.00 bits per heavy atom. The van der Waals surface area contributed by atoms with E-state index in [0.717, 1.165) is 6.07 Å². The molecular formula is C13H17FN2O3. The fraction of sp³-hybridized carbons (Fsp3) is 0.385. The van der Waals surface area contributed by atoms with E-state index in [1.807, 2.05) is 0 Å². The first-order valence-electron chi connectivity index (χ1n) is 5.80. The third-order valence-corrected chi connectivity index (χ3v) is 2.67. The van der Waals surface area contributed by atoms with Gasteiger partial charge in [-0.2, -0.15) is 0 Å². The van der Waals surface area contributed by atoms with E-state index in [1.54, 1.807) is 13.8 Å². The Morgan fingerprint density at radius 1 is 1.37 bits per heavy atom. The average molecular weight is 268 g/mol. The predicted molar refractivity (Wildman–Crippen MR) is 68.9 cm³/mol. The molecule has 3 N–H and O–H groups in total. The van der Waals surface area contributed by atoms with Crippen LogP contribution in [0.4, 0.5) is 10.1 Å². The van der Waals surface area contributed by atoms with Gasteiger partial charge in [-0.05, 0) is 24.1 Å². The maximum atomic E-state index is 13.3. The topological polar surface area (TPSA) is 81.4 Å². The van der Waals surface area contributed by atoms with Gasteiger partial charge in [-0.25, -0.2) is 9.18 Å². The normalized spacial score (nSPS) is 12.1. The van der Waals surface area contributed by atoms with Gasteiger partial charge in [0.05, 0.1) is 12.8 Å². The third kappa shape index (κ3) is 3.67. The van der Waals surface area contributed by atoms with Crippen LogP contribution in [0.3, 0.4) is 0 Å². The number of ether oxygens (including phenoxy) is 1. The van der Waals surface area contributed by atoms with Crippen LogP contribution in [0.15, 0.2) is 18.2 Å². The van der Waals surface area contributed by atoms with Crippen LogP contribution in [-0.4, -0.2) is 25.0 Å². The molecule has 0 aliphatic heterocycles. The van der Waals surface area contributed by atoms with Crippen molar-refractivity contribution in [3.05, 3.63) is 29.6 Å². The second kappa shape index (κ2) is 6.17. The van der Waals surface area contributed by atoms with E-state index >= 15 is 0 Å². The molecule has 104 valence electrons. The first-order chi connectivity index (χ1) is 8.86. The first kappa shape index (κ1) is 14.9. The Balaban J connectivity index is 2.87. The predicted octanol–water partition coefficient (Wildman–Crippen LogP) is 1.34. The minimum Gasteiger partial charge on any atom is -0.467 e. The molecule has 0 aliphatic carbocycles. The van der Waals surface area contributed by atoms with Crippen molar-refractivity contribution in [1.82, 2.24) is 5.32 Å². The molecule has 0 spiro atoms. The van der Waals surface area contributed by atoms with Gasteiger partial charge in [-0.3, -0.25) is 4.79 Å². The quantitative estimate of drug-likeness (QED) is 0.637. The van der Waals surface area contributed by atoms with Crippen LogP contribution in [0.5, 0.6) is 0 Å². The molecule has 0 radical (unpaired) electrons. The molecule has 0 saturated heterocycles. The number of esters is 1. The van der Waals surface area contributed by atoms with Gasteiger partial charge >= 0.3 is 5.97 Å². The lowest BCUT2D eigenvalue weighted by Gasteiger charge is -2.19. The highest BCUT2D eigenvalue weighted by atomic mass is 19.1. The summed E-state index contributed by atoms with van der Waals surface area (Å²) in [7, 11) is 1.24. The van der Waals surface area contributed by atoms with Gasteiger partial charge in [-0.1, -0.05) is 13.8 Å². The zero-order valence-electron chi connectivity index (χ0n) is 11.1. The van der Waals surface area contributed by atoms with Crippen LogP contribution in [0, 0.1) is 11.7 Å². The number of rotatable bonds is 4. The minimum atomic E-state index is -0.780. The number of carbonyl (C=O) groups excluding carboxylic acids is 2. The lowest BCUT2D eigenvalue weighted by molar-refractivity contribution is -0.144. The fourth-order valence-corrected chi connectivity index (χ4v) is 1.52. The summed E-state index contributed by atoms with van der Waals surface area (Å²) in [6, 6.07) is 2.94. The van der Waals surface area contributed by atoms with E-state index in [0.29, 0.717) is 0 Å². The molecular weight excluding hydrogens is 251 g/mol. The SMILES string of the molecule is COC(=O)[C@@H](NC(=O)c1ccc(N)c(F)c1)C(C)C. The second-order valence-electron chi connectivity index (χ2n) is 4.45. The van der Waals surface area contributed by atoms with Gasteiger partial charge in [0.15, 0.2) is 0 Å². The third-order valence-electron chi connectivity index (χ3n) is 2.67. The number of halogens is 1. The molecule has 0 fully saturated rings. The number of hydrogen-bond donors (Lipinski definition) is 2. The smallest absolute Gasteiger partial charge is 0.328 e. The van der Waals surface area contributed by atoms with Gasteiger partial charge < -0.3 is 15.8 Å². The van der Waals surface area contributed by atoms with Gasteiger partial charge in [0.2, 0.25) is 0 Å². The molecule has 0 saturated carbocycles. The van der Waals surface area contributed by atoms with E-state index in [9.17, 15) is 14.0 Å². The van der Waals surface area contributed by atoms with E-state index in [4.69, 9.17) is 5.73 Å². The minimum absolute atomic E-state index is 0.0371. The van der Waals surface area contributed by atoms with Crippen molar-refractivity contribution in [1.29, 1.82) is 0 Å². The lowest BCUT2D eigenvalue weighted by atomic mass is 10.0. The van der Waals surface area contributed by atoms with Crippen LogP contribution in [-0.2, 0) is 9.53 Å². The van der Waals surface area contributed by atoms with Gasteiger partial charge in [0.25, 0.3) is 5.91 Å². The van der Waals surface area contributed by atoms with Crippen molar-refractivity contribution in [2.75, 3.05) is 12.8 Å². The molecule has 1 aromatic rings. The van der Waals surface area contributed by atoms with Crippen LogP contribution >= 0.6 is 0 Å². The van der Waals surface area contributed by atoms with Crippen molar-refractivity contribution < 1.29 is 18.7 Å². The summed E-state index contributed by atoms with van der Waals surface area (Å²) < 4.78 is 17.9. The van der Waals surface area contributed by atoms with E-state index in [-0.39, 0.29) is 17.2 Å². The Labute approximate surface area is 110 Å². The van der Waals surface area contributed by atoms with E-state index < -0.39 is 23.7 Å². The molecule has 0 unspecified atom stereocenters. The molecule has 1 aromatic carbocycles. The van der Waals surface area contributed by atoms with Gasteiger partial charge in [0.1, 0.15) is 11.9 Å². The molecule has 1 amide bonds. The van der Waals surface area contributed by atoms with Gasteiger partial charge in [0, 0.05) is 5.56 Å². The summed E-state index contributed by atoms with van der Waals surface area (Å²) >= 11 is 0. The number of benzene rings is 1. The number of nitrogens with one attached hydrogen (secondary N) is 1. The van der Waals surface area contributed by atoms with Crippen LogP contribution in [0.1, 0.15) is 24.2 Å². The van der Waals surface area contributed by atoms with Gasteiger partial charge in [-0.15, -0.1) is 0 Å². The first-order valence-corrected chi connectivity index (χ1v) is 5.80. The van der Waals surface area contributed by atoms with Crippen molar-refractivity contribution in [3.8, 4) is 0 Å². The summed E-state index contributed by atoms with van der Waals surface area (Å²) in [6.07, 6.45) is 0. The standard InChI is InChI=1S/C13H17FN2O3/c1-7(2)11(13(18)19-3)16-12(17)8-4-5-10(15)9(14)6-8/h4-7,11H,15H2,1-3H3,(H,16,17)/t11-/m0/s1. The van der Waals surface area contributed by atoms with E-state index in [2.05, 4.69) is 10.1 Å². The summed E-state index contributed by atoms with van der Waals surface area (Å²) in [5.74, 6) is -1.91. The van der Waals surface area contributed by atoms with Crippen LogP contribution in [0.25, 0.3) is 0 Å². The number of methoxy groups -OCH3 is 1. The fourth-order valence-electron chi connectivity index (χ4n) is 1.52. The van der Waals surface area contributed by atoms with Crippen molar-refractivity contribution in [2.24, 2.45) is 5.92 Å². The number of amides is 1. The van der Waals surface area contributed by atoms with Crippen LogP contribution < -0.4 is 11.1 Å². The molecule has 1 rings (SSSR count). The summed E-state index contributed by atoms with van der Waals surface area (Å²) in [5.41, 5.74) is 5.39. The number of carbonyl (C=O) groups is 2. The monoisotopic (exact) mass is 268 g/mol. The number of nitrogen functional groups attached to an aromatic ring is 1. The zero-order chi connectivity index (χ0) is 14.6. The second-order valence-corrected chi connectivity index (χ2v) is 4.45. The molecule has 1 atom stereocenters.